The number of carbonyl (C=O) groups is 3. The summed E-state index contributed by atoms with van der Waals surface area (Å²) in [5.74, 6) is -2.63. The topological polar surface area (TPSA) is 109 Å². The molecule has 3 N–H and O–H groups in total. The van der Waals surface area contributed by atoms with Crippen LogP contribution in [0.25, 0.3) is 16.7 Å². The Bertz CT molecular complexity index is 1090. The summed E-state index contributed by atoms with van der Waals surface area (Å²) < 4.78 is 5.37. The number of hydrogen-bond acceptors (Lipinski definition) is 4. The Balaban J connectivity index is 1.84. The Kier molecular flexibility index (Phi) is 4.25. The van der Waals surface area contributed by atoms with Crippen molar-refractivity contribution >= 4 is 23.4 Å². The predicted octanol–water partition coefficient (Wildman–Crippen LogP) is 2.61. The highest BCUT2D eigenvalue weighted by molar-refractivity contribution is 6.28. The van der Waals surface area contributed by atoms with Gasteiger partial charge in [0.15, 0.2) is 0 Å². The van der Waals surface area contributed by atoms with Crippen LogP contribution >= 0.6 is 0 Å². The minimum atomic E-state index is -1.24. The zero-order valence-corrected chi connectivity index (χ0v) is 14.4. The molecule has 7 nitrogen and oxygen atoms in total. The van der Waals surface area contributed by atoms with Gasteiger partial charge in [0.05, 0.1) is 0 Å². The molecule has 138 valence electrons. The average molecular weight is 374 g/mol. The molecule has 0 bridgehead atoms. The lowest BCUT2D eigenvalue weighted by Crippen LogP contribution is -2.28. The molecule has 1 fully saturated rings. The SMILES string of the molecule is O=C1NNC(=O)C1=C(c1ccc(-c2ccccc2)cc1)c1ccc(C(=O)O)o1. The molecule has 4 rings (SSSR count). The van der Waals surface area contributed by atoms with Gasteiger partial charge in [0.2, 0.25) is 5.76 Å². The van der Waals surface area contributed by atoms with E-state index in [0.29, 0.717) is 5.56 Å². The van der Waals surface area contributed by atoms with Crippen LogP contribution in [-0.2, 0) is 9.59 Å². The molecule has 2 aromatic carbocycles. The number of hydrogen-bond donors (Lipinski definition) is 3. The molecule has 0 unspecified atom stereocenters. The van der Waals surface area contributed by atoms with Gasteiger partial charge in [0.25, 0.3) is 11.8 Å². The van der Waals surface area contributed by atoms with Gasteiger partial charge in [-0.05, 0) is 28.8 Å². The van der Waals surface area contributed by atoms with E-state index in [1.807, 2.05) is 42.5 Å². The number of carbonyl (C=O) groups excluding carboxylic acids is 2. The Morgan fingerprint density at radius 3 is 1.89 bits per heavy atom. The number of benzene rings is 2. The van der Waals surface area contributed by atoms with Gasteiger partial charge in [0, 0.05) is 5.57 Å². The lowest BCUT2D eigenvalue weighted by Gasteiger charge is -2.09. The van der Waals surface area contributed by atoms with Crippen molar-refractivity contribution in [2.45, 2.75) is 0 Å². The Morgan fingerprint density at radius 1 is 0.750 bits per heavy atom. The van der Waals surface area contributed by atoms with E-state index in [4.69, 9.17) is 9.52 Å². The van der Waals surface area contributed by atoms with Crippen molar-refractivity contribution in [2.75, 3.05) is 0 Å². The van der Waals surface area contributed by atoms with Crippen molar-refractivity contribution in [3.63, 3.8) is 0 Å². The van der Waals surface area contributed by atoms with E-state index in [1.165, 1.54) is 12.1 Å². The van der Waals surface area contributed by atoms with Gasteiger partial charge >= 0.3 is 5.97 Å². The fourth-order valence-corrected chi connectivity index (χ4v) is 3.03. The lowest BCUT2D eigenvalue weighted by molar-refractivity contribution is -0.117. The molecule has 0 atom stereocenters. The number of aromatic carboxylic acids is 1. The maximum absolute atomic E-state index is 12.2. The Labute approximate surface area is 159 Å². The lowest BCUT2D eigenvalue weighted by atomic mass is 9.95. The van der Waals surface area contributed by atoms with Crippen LogP contribution in [0, 0.1) is 0 Å². The van der Waals surface area contributed by atoms with Crippen LogP contribution in [0.2, 0.25) is 0 Å². The molecular weight excluding hydrogens is 360 g/mol. The number of amides is 2. The summed E-state index contributed by atoms with van der Waals surface area (Å²) in [5, 5.41) is 9.11. The molecule has 7 heteroatoms. The average Bonchev–Trinajstić information content (AvgIpc) is 3.32. The van der Waals surface area contributed by atoms with Gasteiger partial charge in [0.1, 0.15) is 11.3 Å². The molecule has 1 aliphatic rings. The maximum Gasteiger partial charge on any atom is 0.371 e. The fraction of sp³-hybridized carbons (Fsp3) is 0. The predicted molar refractivity (Wildman–Crippen MR) is 99.9 cm³/mol. The van der Waals surface area contributed by atoms with Crippen LogP contribution in [-0.4, -0.2) is 22.9 Å². The molecule has 3 aromatic rings. The molecule has 0 saturated carbocycles. The third-order valence-electron chi connectivity index (χ3n) is 4.34. The van der Waals surface area contributed by atoms with E-state index in [0.717, 1.165) is 11.1 Å². The van der Waals surface area contributed by atoms with Crippen LogP contribution in [0.3, 0.4) is 0 Å². The molecule has 1 saturated heterocycles. The number of furan rings is 1. The van der Waals surface area contributed by atoms with Crippen molar-refractivity contribution < 1.29 is 23.9 Å². The molecule has 0 aliphatic carbocycles. The van der Waals surface area contributed by atoms with Crippen LogP contribution in [0.15, 0.2) is 76.7 Å². The molecule has 2 amide bonds. The van der Waals surface area contributed by atoms with Gasteiger partial charge in [-0.25, -0.2) is 4.79 Å². The van der Waals surface area contributed by atoms with Crippen molar-refractivity contribution in [1.29, 1.82) is 0 Å². The molecule has 1 aliphatic heterocycles. The standard InChI is InChI=1S/C21H14N2O5/c24-19-18(20(25)23-22-19)17(15-10-11-16(28-15)21(26)27)14-8-6-13(7-9-14)12-4-2-1-3-5-12/h1-11H,(H,22,24)(H,23,25)(H,26,27). The maximum atomic E-state index is 12.2. The van der Waals surface area contributed by atoms with Crippen molar-refractivity contribution in [2.24, 2.45) is 0 Å². The quantitative estimate of drug-likeness (QED) is 0.480. The summed E-state index contributed by atoms with van der Waals surface area (Å²) in [6, 6.07) is 19.7. The summed E-state index contributed by atoms with van der Waals surface area (Å²) in [6.07, 6.45) is 0. The van der Waals surface area contributed by atoms with Gasteiger partial charge in [-0.15, -0.1) is 0 Å². The number of rotatable bonds is 4. The van der Waals surface area contributed by atoms with E-state index in [9.17, 15) is 14.4 Å². The number of nitrogens with one attached hydrogen (secondary N) is 2. The molecule has 1 aromatic heterocycles. The van der Waals surface area contributed by atoms with Gasteiger partial charge in [-0.1, -0.05) is 54.6 Å². The Morgan fingerprint density at radius 2 is 1.32 bits per heavy atom. The van der Waals surface area contributed by atoms with E-state index in [2.05, 4.69) is 10.9 Å². The van der Waals surface area contributed by atoms with Crippen molar-refractivity contribution in [3.05, 3.63) is 89.4 Å². The van der Waals surface area contributed by atoms with E-state index >= 15 is 0 Å². The summed E-state index contributed by atoms with van der Waals surface area (Å²) in [5.41, 5.74) is 7.11. The number of hydrazine groups is 1. The van der Waals surface area contributed by atoms with Crippen molar-refractivity contribution in [1.82, 2.24) is 10.9 Å². The summed E-state index contributed by atoms with van der Waals surface area (Å²) >= 11 is 0. The van der Waals surface area contributed by atoms with E-state index in [-0.39, 0.29) is 22.7 Å². The summed E-state index contributed by atoms with van der Waals surface area (Å²) in [7, 11) is 0. The van der Waals surface area contributed by atoms with Crippen LogP contribution < -0.4 is 10.9 Å². The minimum absolute atomic E-state index is 0.118. The first kappa shape index (κ1) is 17.3. The largest absolute Gasteiger partial charge is 0.475 e. The minimum Gasteiger partial charge on any atom is -0.475 e. The monoisotopic (exact) mass is 374 g/mol. The number of carboxylic acids is 1. The van der Waals surface area contributed by atoms with Crippen LogP contribution in [0.4, 0.5) is 0 Å². The fourth-order valence-electron chi connectivity index (χ4n) is 3.03. The molecule has 2 heterocycles. The highest BCUT2D eigenvalue weighted by Crippen LogP contribution is 2.31. The third kappa shape index (κ3) is 3.05. The normalized spacial score (nSPS) is 13.2. The van der Waals surface area contributed by atoms with Crippen molar-refractivity contribution in [3.8, 4) is 11.1 Å². The van der Waals surface area contributed by atoms with Crippen LogP contribution in [0.1, 0.15) is 21.9 Å². The van der Waals surface area contributed by atoms with Gasteiger partial charge in [-0.3, -0.25) is 20.4 Å². The van der Waals surface area contributed by atoms with Gasteiger partial charge < -0.3 is 9.52 Å². The highest BCUT2D eigenvalue weighted by Gasteiger charge is 2.32. The Hall–Kier alpha value is -4.13. The van der Waals surface area contributed by atoms with Crippen LogP contribution in [0.5, 0.6) is 0 Å². The zero-order chi connectivity index (χ0) is 19.7. The van der Waals surface area contributed by atoms with E-state index in [1.54, 1.807) is 12.1 Å². The smallest absolute Gasteiger partial charge is 0.371 e. The zero-order valence-electron chi connectivity index (χ0n) is 14.4. The first-order valence-electron chi connectivity index (χ1n) is 8.39. The molecule has 0 spiro atoms. The second-order valence-electron chi connectivity index (χ2n) is 6.07. The summed E-state index contributed by atoms with van der Waals surface area (Å²) in [6.45, 7) is 0. The second-order valence-corrected chi connectivity index (χ2v) is 6.07. The second kappa shape index (κ2) is 6.88. The summed E-state index contributed by atoms with van der Waals surface area (Å²) in [4.78, 5) is 35.5. The first-order valence-corrected chi connectivity index (χ1v) is 8.39. The molecule has 28 heavy (non-hydrogen) atoms. The molecule has 0 radical (unpaired) electrons. The molecular formula is C21H14N2O5. The third-order valence-corrected chi connectivity index (χ3v) is 4.34. The first-order chi connectivity index (χ1) is 13.5. The highest BCUT2D eigenvalue weighted by atomic mass is 16.4. The number of carboxylic acid groups (broad SMARTS) is 1. The van der Waals surface area contributed by atoms with E-state index < -0.39 is 17.8 Å². The van der Waals surface area contributed by atoms with Gasteiger partial charge in [-0.2, -0.15) is 0 Å².